The summed E-state index contributed by atoms with van der Waals surface area (Å²) in [7, 11) is 0. The monoisotopic (exact) mass is 282 g/mol. The molecule has 2 rings (SSSR count). The number of anilines is 1. The number of nitrogens with two attached hydrogens (primary N) is 1. The second-order valence-electron chi connectivity index (χ2n) is 5.05. The molecular formula is C14H19ClN2S. The molecule has 1 heterocycles. The van der Waals surface area contributed by atoms with E-state index in [1.54, 1.807) is 0 Å². The van der Waals surface area contributed by atoms with Crippen molar-refractivity contribution in [2.24, 2.45) is 11.7 Å². The van der Waals surface area contributed by atoms with Crippen molar-refractivity contribution >= 4 is 34.5 Å². The number of rotatable bonds is 2. The summed E-state index contributed by atoms with van der Waals surface area (Å²) in [5.74, 6) is 0.801. The summed E-state index contributed by atoms with van der Waals surface area (Å²) in [5.41, 5.74) is 7.82. The van der Waals surface area contributed by atoms with E-state index >= 15 is 0 Å². The van der Waals surface area contributed by atoms with Crippen LogP contribution in [0.5, 0.6) is 0 Å². The Labute approximate surface area is 119 Å². The minimum Gasteiger partial charge on any atom is -0.389 e. The van der Waals surface area contributed by atoms with Gasteiger partial charge in [0.15, 0.2) is 0 Å². The molecule has 0 saturated carbocycles. The molecule has 0 bridgehead atoms. The summed E-state index contributed by atoms with van der Waals surface area (Å²) in [6.07, 6.45) is 3.74. The summed E-state index contributed by atoms with van der Waals surface area (Å²) in [5, 5.41) is 0.685. The van der Waals surface area contributed by atoms with Gasteiger partial charge in [-0.2, -0.15) is 0 Å². The first-order valence-corrected chi connectivity index (χ1v) is 7.21. The molecule has 1 aromatic carbocycles. The van der Waals surface area contributed by atoms with Gasteiger partial charge >= 0.3 is 0 Å². The third-order valence-electron chi connectivity index (χ3n) is 3.58. The maximum atomic E-state index is 6.02. The molecule has 1 saturated heterocycles. The zero-order valence-electron chi connectivity index (χ0n) is 10.7. The van der Waals surface area contributed by atoms with Crippen LogP contribution in [0.2, 0.25) is 5.02 Å². The highest BCUT2D eigenvalue weighted by Crippen LogP contribution is 2.27. The maximum Gasteiger partial charge on any atom is 0.106 e. The van der Waals surface area contributed by atoms with Crippen LogP contribution < -0.4 is 10.6 Å². The molecule has 1 unspecified atom stereocenters. The molecule has 1 aliphatic heterocycles. The van der Waals surface area contributed by atoms with Crippen molar-refractivity contribution < 1.29 is 0 Å². The number of halogens is 1. The minimum atomic E-state index is 0.421. The molecule has 2 N–H and O–H groups in total. The Kier molecular flexibility index (Phi) is 4.46. The van der Waals surface area contributed by atoms with Crippen LogP contribution in [0, 0.1) is 5.92 Å². The number of hydrogen-bond donors (Lipinski definition) is 1. The molecular weight excluding hydrogens is 264 g/mol. The van der Waals surface area contributed by atoms with Crippen LogP contribution >= 0.6 is 23.8 Å². The molecule has 4 heteroatoms. The highest BCUT2D eigenvalue weighted by Gasteiger charge is 2.17. The molecule has 1 fully saturated rings. The fourth-order valence-electron chi connectivity index (χ4n) is 2.49. The van der Waals surface area contributed by atoms with Gasteiger partial charge in [-0.05, 0) is 43.4 Å². The van der Waals surface area contributed by atoms with Crippen LogP contribution in [0.3, 0.4) is 0 Å². The highest BCUT2D eigenvalue weighted by atomic mass is 35.5. The van der Waals surface area contributed by atoms with Crippen LogP contribution in [-0.4, -0.2) is 18.1 Å². The van der Waals surface area contributed by atoms with Crippen molar-refractivity contribution in [2.45, 2.75) is 26.2 Å². The molecule has 1 aromatic rings. The van der Waals surface area contributed by atoms with E-state index in [2.05, 4.69) is 11.8 Å². The van der Waals surface area contributed by atoms with E-state index < -0.39 is 0 Å². The fourth-order valence-corrected chi connectivity index (χ4v) is 2.82. The van der Waals surface area contributed by atoms with Crippen molar-refractivity contribution in [3.05, 3.63) is 28.8 Å². The van der Waals surface area contributed by atoms with Gasteiger partial charge < -0.3 is 10.6 Å². The van der Waals surface area contributed by atoms with Crippen LogP contribution in [0.1, 0.15) is 31.7 Å². The van der Waals surface area contributed by atoms with Crippen LogP contribution in [0.15, 0.2) is 18.2 Å². The van der Waals surface area contributed by atoms with Gasteiger partial charge in [-0.25, -0.2) is 0 Å². The Bertz CT molecular complexity index is 447. The Hall–Kier alpha value is -0.800. The van der Waals surface area contributed by atoms with Crippen LogP contribution in [0.4, 0.5) is 5.69 Å². The van der Waals surface area contributed by atoms with Gasteiger partial charge in [0.1, 0.15) is 4.99 Å². The highest BCUT2D eigenvalue weighted by molar-refractivity contribution is 7.80. The molecule has 2 nitrogen and oxygen atoms in total. The molecule has 98 valence electrons. The largest absolute Gasteiger partial charge is 0.389 e. The molecule has 1 atom stereocenters. The lowest BCUT2D eigenvalue weighted by molar-refractivity contribution is 0.521. The Balaban J connectivity index is 2.29. The van der Waals surface area contributed by atoms with Crippen molar-refractivity contribution in [1.29, 1.82) is 0 Å². The fraction of sp³-hybridized carbons (Fsp3) is 0.500. The molecule has 0 amide bonds. The number of hydrogen-bond acceptors (Lipinski definition) is 2. The lowest BCUT2D eigenvalue weighted by atomic mass is 10.0. The van der Waals surface area contributed by atoms with Crippen molar-refractivity contribution in [2.75, 3.05) is 18.0 Å². The lowest BCUT2D eigenvalue weighted by Crippen LogP contribution is -2.27. The van der Waals surface area contributed by atoms with Crippen LogP contribution in [-0.2, 0) is 0 Å². The summed E-state index contributed by atoms with van der Waals surface area (Å²) >= 11 is 11.1. The Morgan fingerprint density at radius 1 is 1.39 bits per heavy atom. The van der Waals surface area contributed by atoms with Gasteiger partial charge in [0.2, 0.25) is 0 Å². The van der Waals surface area contributed by atoms with E-state index in [0.29, 0.717) is 10.0 Å². The Morgan fingerprint density at radius 2 is 2.17 bits per heavy atom. The van der Waals surface area contributed by atoms with Crippen molar-refractivity contribution in [3.63, 3.8) is 0 Å². The smallest absolute Gasteiger partial charge is 0.106 e. The normalized spacial score (nSPS) is 20.6. The summed E-state index contributed by atoms with van der Waals surface area (Å²) in [4.78, 5) is 2.80. The van der Waals surface area contributed by atoms with Crippen molar-refractivity contribution in [1.82, 2.24) is 0 Å². The first-order chi connectivity index (χ1) is 8.58. The SMILES string of the molecule is CC1CCCN(c2ccc(Cl)cc2C(N)=S)CC1. The van der Waals surface area contributed by atoms with Crippen LogP contribution in [0.25, 0.3) is 0 Å². The predicted molar refractivity (Wildman–Crippen MR) is 82.6 cm³/mol. The maximum absolute atomic E-state index is 6.02. The summed E-state index contributed by atoms with van der Waals surface area (Å²) in [6.45, 7) is 4.46. The quantitative estimate of drug-likeness (QED) is 0.841. The zero-order valence-corrected chi connectivity index (χ0v) is 12.2. The molecule has 18 heavy (non-hydrogen) atoms. The molecule has 1 aliphatic rings. The third-order valence-corrected chi connectivity index (χ3v) is 4.04. The molecule has 0 aromatic heterocycles. The standard InChI is InChI=1S/C14H19ClN2S/c1-10-3-2-7-17(8-6-10)13-5-4-11(15)9-12(13)14(16)18/h4-5,9-10H,2-3,6-8H2,1H3,(H2,16,18). The molecule has 0 radical (unpaired) electrons. The van der Waals surface area contributed by atoms with E-state index in [1.165, 1.54) is 19.3 Å². The number of thiocarbonyl (C=S) groups is 1. The summed E-state index contributed by atoms with van der Waals surface area (Å²) in [6, 6.07) is 5.81. The first kappa shape index (κ1) is 13.6. The van der Waals surface area contributed by atoms with Gasteiger partial charge in [-0.15, -0.1) is 0 Å². The van der Waals surface area contributed by atoms with Crippen molar-refractivity contribution in [3.8, 4) is 0 Å². The zero-order chi connectivity index (χ0) is 13.1. The van der Waals surface area contributed by atoms with Gasteiger partial charge in [-0.1, -0.05) is 30.7 Å². The average molecular weight is 283 g/mol. The topological polar surface area (TPSA) is 29.3 Å². The van der Waals surface area contributed by atoms with E-state index in [4.69, 9.17) is 29.6 Å². The third kappa shape index (κ3) is 3.15. The summed E-state index contributed by atoms with van der Waals surface area (Å²) < 4.78 is 0. The number of benzene rings is 1. The van der Waals surface area contributed by atoms with Gasteiger partial charge in [-0.3, -0.25) is 0 Å². The van der Waals surface area contributed by atoms with Gasteiger partial charge in [0.25, 0.3) is 0 Å². The lowest BCUT2D eigenvalue weighted by Gasteiger charge is -2.25. The van der Waals surface area contributed by atoms with Gasteiger partial charge in [0.05, 0.1) is 0 Å². The van der Waals surface area contributed by atoms with E-state index in [9.17, 15) is 0 Å². The second kappa shape index (κ2) is 5.89. The Morgan fingerprint density at radius 3 is 2.89 bits per heavy atom. The van der Waals surface area contributed by atoms with E-state index in [1.807, 2.05) is 18.2 Å². The van der Waals surface area contributed by atoms with E-state index in [-0.39, 0.29) is 0 Å². The average Bonchev–Trinajstić information content (AvgIpc) is 2.54. The van der Waals surface area contributed by atoms with E-state index in [0.717, 1.165) is 30.3 Å². The molecule has 0 spiro atoms. The second-order valence-corrected chi connectivity index (χ2v) is 5.93. The van der Waals surface area contributed by atoms with Gasteiger partial charge in [0, 0.05) is 29.4 Å². The minimum absolute atomic E-state index is 0.421. The predicted octanol–water partition coefficient (Wildman–Crippen LogP) is 3.60. The number of nitrogens with zero attached hydrogens (tertiary/aromatic N) is 1. The first-order valence-electron chi connectivity index (χ1n) is 6.42. The molecule has 0 aliphatic carbocycles.